The first-order valence-corrected chi connectivity index (χ1v) is 8.39. The highest BCUT2D eigenvalue weighted by molar-refractivity contribution is 8.14. The van der Waals surface area contributed by atoms with Crippen LogP contribution < -0.4 is 5.32 Å². The third-order valence-electron chi connectivity index (χ3n) is 3.76. The highest BCUT2D eigenvalue weighted by atomic mass is 35.5. The molecule has 2 unspecified atom stereocenters. The summed E-state index contributed by atoms with van der Waals surface area (Å²) in [6.07, 6.45) is 5.25. The molecule has 1 saturated carbocycles. The van der Waals surface area contributed by atoms with Gasteiger partial charge in [-0.1, -0.05) is 47.8 Å². The van der Waals surface area contributed by atoms with Crippen LogP contribution in [0.1, 0.15) is 25.7 Å². The van der Waals surface area contributed by atoms with Crippen molar-refractivity contribution in [3.8, 4) is 0 Å². The normalized spacial score (nSPS) is 26.5. The summed E-state index contributed by atoms with van der Waals surface area (Å²) in [6.45, 7) is 0. The Kier molecular flexibility index (Phi) is 4.25. The average molecular weight is 315 g/mol. The Bertz CT molecular complexity index is 504. The molecule has 0 bridgehead atoms. The molecule has 1 N–H and O–H groups in total. The lowest BCUT2D eigenvalue weighted by Crippen LogP contribution is -2.31. The second-order valence-corrected chi connectivity index (χ2v) is 6.93. The number of benzene rings is 1. The highest BCUT2D eigenvalue weighted by Crippen LogP contribution is 2.34. The third kappa shape index (κ3) is 3.21. The minimum atomic E-state index is 0.514. The number of nitrogens with one attached hydrogen (secondary N) is 1. The first-order valence-electron chi connectivity index (χ1n) is 6.65. The van der Waals surface area contributed by atoms with Gasteiger partial charge in [0.1, 0.15) is 0 Å². The van der Waals surface area contributed by atoms with E-state index in [1.807, 2.05) is 30.0 Å². The molecule has 2 atom stereocenters. The van der Waals surface area contributed by atoms with Gasteiger partial charge in [0.05, 0.1) is 16.1 Å². The third-order valence-corrected chi connectivity index (χ3v) is 5.57. The number of amidine groups is 1. The molecule has 1 aliphatic heterocycles. The van der Waals surface area contributed by atoms with Gasteiger partial charge in [0.15, 0.2) is 5.17 Å². The number of thioether (sulfide) groups is 1. The summed E-state index contributed by atoms with van der Waals surface area (Å²) in [7, 11) is 0. The topological polar surface area (TPSA) is 24.4 Å². The number of anilines is 1. The molecule has 1 aromatic rings. The van der Waals surface area contributed by atoms with Crippen LogP contribution in [0.2, 0.25) is 10.0 Å². The Labute approximate surface area is 128 Å². The fourth-order valence-corrected chi connectivity index (χ4v) is 4.15. The van der Waals surface area contributed by atoms with Crippen molar-refractivity contribution in [2.45, 2.75) is 31.7 Å². The first kappa shape index (κ1) is 13.6. The number of nitrogens with zero attached hydrogens (tertiary/aromatic N) is 1. The summed E-state index contributed by atoms with van der Waals surface area (Å²) in [5.74, 6) is 1.95. The quantitative estimate of drug-likeness (QED) is 0.782. The molecule has 1 aliphatic carbocycles. The molecule has 0 aromatic heterocycles. The summed E-state index contributed by atoms with van der Waals surface area (Å²) in [6, 6.07) is 6.11. The van der Waals surface area contributed by atoms with Crippen molar-refractivity contribution in [1.82, 2.24) is 0 Å². The van der Waals surface area contributed by atoms with Gasteiger partial charge in [0.25, 0.3) is 0 Å². The number of fused-ring (bicyclic) bond motifs is 1. The number of aliphatic imine (C=N–C) groups is 1. The Balaban J connectivity index is 1.72. The predicted molar refractivity (Wildman–Crippen MR) is 85.7 cm³/mol. The molecule has 2 aliphatic rings. The Morgan fingerprint density at radius 2 is 2.00 bits per heavy atom. The Hall–Kier alpha value is -0.380. The minimum Gasteiger partial charge on any atom is -0.335 e. The van der Waals surface area contributed by atoms with Crippen molar-refractivity contribution >= 4 is 45.8 Å². The standard InChI is InChI=1S/C14H16Cl2N2S/c15-11-6-5-10(7-12(11)16)17-14-18-13-4-2-1-3-9(13)8-19-14/h5-7,9,13H,1-4,8H2,(H,17,18). The van der Waals surface area contributed by atoms with E-state index in [0.29, 0.717) is 16.1 Å². The van der Waals surface area contributed by atoms with E-state index < -0.39 is 0 Å². The Morgan fingerprint density at radius 1 is 1.16 bits per heavy atom. The molecule has 0 saturated heterocycles. The molecule has 3 rings (SSSR count). The number of rotatable bonds is 1. The lowest BCUT2D eigenvalue weighted by atomic mass is 9.86. The molecule has 1 fully saturated rings. The second-order valence-electron chi connectivity index (χ2n) is 5.11. The van der Waals surface area contributed by atoms with Crippen LogP contribution >= 0.6 is 35.0 Å². The molecule has 2 nitrogen and oxygen atoms in total. The maximum atomic E-state index is 6.02. The van der Waals surface area contributed by atoms with Crippen LogP contribution in [0.15, 0.2) is 23.2 Å². The first-order chi connectivity index (χ1) is 9.22. The lowest BCUT2D eigenvalue weighted by Gasteiger charge is -2.32. The van der Waals surface area contributed by atoms with E-state index >= 15 is 0 Å². The van der Waals surface area contributed by atoms with E-state index in [9.17, 15) is 0 Å². The van der Waals surface area contributed by atoms with Crippen LogP contribution in [0.4, 0.5) is 5.69 Å². The minimum absolute atomic E-state index is 0.514. The average Bonchev–Trinajstić information content (AvgIpc) is 2.43. The molecule has 0 radical (unpaired) electrons. The number of hydrogen-bond acceptors (Lipinski definition) is 3. The molecule has 0 spiro atoms. The van der Waals surface area contributed by atoms with Gasteiger partial charge in [-0.3, -0.25) is 4.99 Å². The van der Waals surface area contributed by atoms with Gasteiger partial charge < -0.3 is 5.32 Å². The largest absolute Gasteiger partial charge is 0.335 e. The zero-order valence-electron chi connectivity index (χ0n) is 10.5. The molecule has 1 aromatic carbocycles. The summed E-state index contributed by atoms with van der Waals surface area (Å²) in [5.41, 5.74) is 0.954. The lowest BCUT2D eigenvalue weighted by molar-refractivity contribution is 0.336. The zero-order valence-corrected chi connectivity index (χ0v) is 12.9. The molecule has 19 heavy (non-hydrogen) atoms. The van der Waals surface area contributed by atoms with Crippen LogP contribution in [0.5, 0.6) is 0 Å². The summed E-state index contributed by atoms with van der Waals surface area (Å²) >= 11 is 13.8. The van der Waals surface area contributed by atoms with Gasteiger partial charge in [0.2, 0.25) is 0 Å². The highest BCUT2D eigenvalue weighted by Gasteiger charge is 2.29. The maximum absolute atomic E-state index is 6.02. The molecule has 102 valence electrons. The van der Waals surface area contributed by atoms with Crippen molar-refractivity contribution in [1.29, 1.82) is 0 Å². The van der Waals surface area contributed by atoms with Crippen LogP contribution in [0.25, 0.3) is 0 Å². The SMILES string of the molecule is Clc1ccc(NC2=NC3CCCCC3CS2)cc1Cl. The summed E-state index contributed by atoms with van der Waals surface area (Å²) in [5, 5.41) is 5.52. The van der Waals surface area contributed by atoms with E-state index in [1.54, 1.807) is 0 Å². The molecular formula is C14H16Cl2N2S. The van der Waals surface area contributed by atoms with Gasteiger partial charge in [-0.15, -0.1) is 0 Å². The number of hydrogen-bond donors (Lipinski definition) is 1. The Morgan fingerprint density at radius 3 is 2.84 bits per heavy atom. The van der Waals surface area contributed by atoms with Crippen molar-refractivity contribution in [3.05, 3.63) is 28.2 Å². The van der Waals surface area contributed by atoms with Crippen LogP contribution in [-0.2, 0) is 0 Å². The van der Waals surface area contributed by atoms with Gasteiger partial charge in [-0.25, -0.2) is 0 Å². The maximum Gasteiger partial charge on any atom is 0.161 e. The second kappa shape index (κ2) is 5.94. The van der Waals surface area contributed by atoms with Crippen molar-refractivity contribution < 1.29 is 0 Å². The van der Waals surface area contributed by atoms with Crippen LogP contribution in [0.3, 0.4) is 0 Å². The predicted octanol–water partition coefficient (Wildman–Crippen LogP) is 5.07. The smallest absolute Gasteiger partial charge is 0.161 e. The molecule has 5 heteroatoms. The zero-order chi connectivity index (χ0) is 13.2. The molecular weight excluding hydrogens is 299 g/mol. The molecule has 1 heterocycles. The fraction of sp³-hybridized carbons (Fsp3) is 0.500. The van der Waals surface area contributed by atoms with Crippen LogP contribution in [0, 0.1) is 5.92 Å². The summed E-state index contributed by atoms with van der Waals surface area (Å²) in [4.78, 5) is 4.84. The van der Waals surface area contributed by atoms with E-state index in [4.69, 9.17) is 28.2 Å². The van der Waals surface area contributed by atoms with Gasteiger partial charge in [0, 0.05) is 11.4 Å². The van der Waals surface area contributed by atoms with Gasteiger partial charge in [-0.2, -0.15) is 0 Å². The number of halogens is 2. The fourth-order valence-electron chi connectivity index (χ4n) is 2.69. The monoisotopic (exact) mass is 314 g/mol. The van der Waals surface area contributed by atoms with Gasteiger partial charge in [-0.05, 0) is 37.0 Å². The van der Waals surface area contributed by atoms with Gasteiger partial charge >= 0.3 is 0 Å². The van der Waals surface area contributed by atoms with E-state index in [0.717, 1.165) is 16.8 Å². The van der Waals surface area contributed by atoms with E-state index in [1.165, 1.54) is 31.4 Å². The van der Waals surface area contributed by atoms with Crippen LogP contribution in [-0.4, -0.2) is 17.0 Å². The van der Waals surface area contributed by atoms with Crippen molar-refractivity contribution in [2.24, 2.45) is 10.9 Å². The van der Waals surface area contributed by atoms with E-state index in [-0.39, 0.29) is 0 Å². The van der Waals surface area contributed by atoms with Crippen molar-refractivity contribution in [2.75, 3.05) is 11.1 Å². The van der Waals surface area contributed by atoms with Crippen molar-refractivity contribution in [3.63, 3.8) is 0 Å². The summed E-state index contributed by atoms with van der Waals surface area (Å²) < 4.78 is 0. The van der Waals surface area contributed by atoms with E-state index in [2.05, 4.69) is 5.32 Å². The molecule has 0 amide bonds.